The number of anilines is 1. The van der Waals surface area contributed by atoms with Gasteiger partial charge in [0, 0.05) is 24.8 Å². The maximum atomic E-state index is 12.5. The van der Waals surface area contributed by atoms with E-state index in [2.05, 4.69) is 11.9 Å². The largest absolute Gasteiger partial charge is 0.399 e. The number of amides is 1. The number of carbonyl (C=O) groups excluding carboxylic acids is 1. The molecule has 0 bridgehead atoms. The summed E-state index contributed by atoms with van der Waals surface area (Å²) in [7, 11) is -3.52. The lowest BCUT2D eigenvalue weighted by Gasteiger charge is -2.31. The van der Waals surface area contributed by atoms with E-state index in [0.29, 0.717) is 31.6 Å². The van der Waals surface area contributed by atoms with Crippen molar-refractivity contribution in [2.75, 3.05) is 18.8 Å². The Balaban J connectivity index is 2.04. The first-order valence-electron chi connectivity index (χ1n) is 6.72. The summed E-state index contributed by atoms with van der Waals surface area (Å²) in [6.07, 6.45) is 2.39. The Labute approximate surface area is 124 Å². The Morgan fingerprint density at radius 1 is 1.38 bits per heavy atom. The zero-order valence-electron chi connectivity index (χ0n) is 11.7. The van der Waals surface area contributed by atoms with Crippen LogP contribution in [0.2, 0.25) is 0 Å². The summed E-state index contributed by atoms with van der Waals surface area (Å²) in [4.78, 5) is 11.4. The number of carbonyl (C=O) groups is 1. The zero-order valence-corrected chi connectivity index (χ0v) is 12.5. The van der Waals surface area contributed by atoms with Crippen molar-refractivity contribution in [3.63, 3.8) is 0 Å². The summed E-state index contributed by atoms with van der Waals surface area (Å²) in [5.74, 6) is -0.229. The van der Waals surface area contributed by atoms with Crippen LogP contribution in [0.15, 0.2) is 41.8 Å². The normalized spacial score (nSPS) is 17.3. The molecule has 1 fully saturated rings. The highest BCUT2D eigenvalue weighted by Gasteiger charge is 2.29. The first-order chi connectivity index (χ1) is 9.93. The summed E-state index contributed by atoms with van der Waals surface area (Å²) in [5.41, 5.74) is 6.06. The minimum Gasteiger partial charge on any atom is -0.399 e. The van der Waals surface area contributed by atoms with Crippen molar-refractivity contribution in [1.82, 2.24) is 9.62 Å². The molecular formula is C14H19N3O3S. The summed E-state index contributed by atoms with van der Waals surface area (Å²) in [6, 6.07) is 6.26. The number of nitrogens with one attached hydrogen (secondary N) is 1. The van der Waals surface area contributed by atoms with E-state index in [4.69, 9.17) is 5.73 Å². The standard InChI is InChI=1S/C14H19N3O3S/c1-2-14(18)16-12-6-8-17(9-7-12)21(19,20)13-5-3-4-11(15)10-13/h2-5,10,12H,1,6-9,15H2,(H,16,18). The van der Waals surface area contributed by atoms with E-state index in [1.807, 2.05) is 0 Å². The summed E-state index contributed by atoms with van der Waals surface area (Å²) >= 11 is 0. The van der Waals surface area contributed by atoms with Crippen LogP contribution in [-0.4, -0.2) is 37.8 Å². The Kier molecular flexibility index (Phi) is 4.64. The van der Waals surface area contributed by atoms with E-state index >= 15 is 0 Å². The molecule has 1 saturated heterocycles. The maximum Gasteiger partial charge on any atom is 0.243 e. The van der Waals surface area contributed by atoms with Crippen LogP contribution in [0, 0.1) is 0 Å². The molecule has 6 nitrogen and oxygen atoms in total. The third-order valence-corrected chi connectivity index (χ3v) is 5.38. The third kappa shape index (κ3) is 3.62. The van der Waals surface area contributed by atoms with Gasteiger partial charge in [-0.25, -0.2) is 8.42 Å². The molecule has 0 aromatic heterocycles. The van der Waals surface area contributed by atoms with Gasteiger partial charge in [0.05, 0.1) is 4.90 Å². The number of benzene rings is 1. The number of nitrogen functional groups attached to an aromatic ring is 1. The number of sulfonamides is 1. The van der Waals surface area contributed by atoms with Crippen LogP contribution in [0.5, 0.6) is 0 Å². The molecule has 1 aromatic rings. The van der Waals surface area contributed by atoms with E-state index in [1.165, 1.54) is 22.5 Å². The predicted molar refractivity (Wildman–Crippen MR) is 81.0 cm³/mol. The summed E-state index contributed by atoms with van der Waals surface area (Å²) in [6.45, 7) is 4.15. The highest BCUT2D eigenvalue weighted by atomic mass is 32.2. The second kappa shape index (κ2) is 6.28. The molecule has 0 spiro atoms. The van der Waals surface area contributed by atoms with Crippen LogP contribution < -0.4 is 11.1 Å². The van der Waals surface area contributed by atoms with E-state index in [-0.39, 0.29) is 16.8 Å². The molecule has 1 amide bonds. The van der Waals surface area contributed by atoms with Gasteiger partial charge in [0.25, 0.3) is 0 Å². The molecule has 1 aliphatic rings. The molecule has 3 N–H and O–H groups in total. The summed E-state index contributed by atoms with van der Waals surface area (Å²) in [5, 5.41) is 2.79. The number of hydrogen-bond acceptors (Lipinski definition) is 4. The number of nitrogens with zero attached hydrogens (tertiary/aromatic N) is 1. The molecule has 1 heterocycles. The van der Waals surface area contributed by atoms with E-state index < -0.39 is 10.0 Å². The van der Waals surface area contributed by atoms with Crippen molar-refractivity contribution in [2.24, 2.45) is 0 Å². The van der Waals surface area contributed by atoms with Crippen molar-refractivity contribution in [1.29, 1.82) is 0 Å². The van der Waals surface area contributed by atoms with Crippen molar-refractivity contribution in [3.8, 4) is 0 Å². The minimum absolute atomic E-state index is 0.0113. The summed E-state index contributed by atoms with van der Waals surface area (Å²) < 4.78 is 26.4. The predicted octanol–water partition coefficient (Wildman–Crippen LogP) is 0.724. The van der Waals surface area contributed by atoms with Crippen LogP contribution in [0.4, 0.5) is 5.69 Å². The van der Waals surface area contributed by atoms with Crippen LogP contribution >= 0.6 is 0 Å². The van der Waals surface area contributed by atoms with Gasteiger partial charge in [-0.1, -0.05) is 12.6 Å². The monoisotopic (exact) mass is 309 g/mol. The second-order valence-corrected chi connectivity index (χ2v) is 6.90. The molecule has 0 unspecified atom stereocenters. The number of rotatable bonds is 4. The highest BCUT2D eigenvalue weighted by molar-refractivity contribution is 7.89. The molecular weight excluding hydrogens is 290 g/mol. The first-order valence-corrected chi connectivity index (χ1v) is 8.16. The van der Waals surface area contributed by atoms with Gasteiger partial charge >= 0.3 is 0 Å². The number of piperidine rings is 1. The van der Waals surface area contributed by atoms with Gasteiger partial charge in [-0.2, -0.15) is 4.31 Å². The lowest BCUT2D eigenvalue weighted by Crippen LogP contribution is -2.46. The first kappa shape index (κ1) is 15.5. The smallest absolute Gasteiger partial charge is 0.243 e. The van der Waals surface area contributed by atoms with Gasteiger partial charge in [0.2, 0.25) is 15.9 Å². The molecule has 0 radical (unpaired) electrons. The lowest BCUT2D eigenvalue weighted by atomic mass is 10.1. The van der Waals surface area contributed by atoms with Crippen molar-refractivity contribution in [2.45, 2.75) is 23.8 Å². The third-order valence-electron chi connectivity index (χ3n) is 3.48. The molecule has 1 aliphatic heterocycles. The fourth-order valence-electron chi connectivity index (χ4n) is 2.32. The van der Waals surface area contributed by atoms with Crippen molar-refractivity contribution >= 4 is 21.6 Å². The fourth-order valence-corrected chi connectivity index (χ4v) is 3.85. The Morgan fingerprint density at radius 2 is 2.05 bits per heavy atom. The average molecular weight is 309 g/mol. The minimum atomic E-state index is -3.52. The lowest BCUT2D eigenvalue weighted by molar-refractivity contribution is -0.117. The molecule has 7 heteroatoms. The average Bonchev–Trinajstić information content (AvgIpc) is 2.47. The van der Waals surface area contributed by atoms with Crippen molar-refractivity contribution < 1.29 is 13.2 Å². The molecule has 21 heavy (non-hydrogen) atoms. The van der Waals surface area contributed by atoms with Gasteiger partial charge in [0.15, 0.2) is 0 Å². The molecule has 0 aliphatic carbocycles. The van der Waals surface area contributed by atoms with Crippen LogP contribution in [-0.2, 0) is 14.8 Å². The van der Waals surface area contributed by atoms with E-state index in [9.17, 15) is 13.2 Å². The van der Waals surface area contributed by atoms with Crippen LogP contribution in [0.3, 0.4) is 0 Å². The van der Waals surface area contributed by atoms with Crippen LogP contribution in [0.25, 0.3) is 0 Å². The van der Waals surface area contributed by atoms with E-state index in [1.54, 1.807) is 12.1 Å². The molecule has 0 atom stereocenters. The quantitative estimate of drug-likeness (QED) is 0.633. The van der Waals surface area contributed by atoms with Gasteiger partial charge in [0.1, 0.15) is 0 Å². The van der Waals surface area contributed by atoms with Gasteiger partial charge < -0.3 is 11.1 Å². The number of nitrogens with two attached hydrogens (primary N) is 1. The molecule has 1 aromatic carbocycles. The Morgan fingerprint density at radius 3 is 2.62 bits per heavy atom. The SMILES string of the molecule is C=CC(=O)NC1CCN(S(=O)(=O)c2cccc(N)c2)CC1. The fraction of sp³-hybridized carbons (Fsp3) is 0.357. The zero-order chi connectivity index (χ0) is 15.5. The number of hydrogen-bond donors (Lipinski definition) is 2. The molecule has 0 saturated carbocycles. The van der Waals surface area contributed by atoms with Crippen molar-refractivity contribution in [3.05, 3.63) is 36.9 Å². The van der Waals surface area contributed by atoms with Gasteiger partial charge in [-0.3, -0.25) is 4.79 Å². The van der Waals surface area contributed by atoms with Gasteiger partial charge in [-0.05, 0) is 37.1 Å². The Bertz CT molecular complexity index is 635. The molecule has 114 valence electrons. The maximum absolute atomic E-state index is 12.5. The van der Waals surface area contributed by atoms with Gasteiger partial charge in [-0.15, -0.1) is 0 Å². The van der Waals surface area contributed by atoms with E-state index in [0.717, 1.165) is 0 Å². The Hall–Kier alpha value is -1.86. The topological polar surface area (TPSA) is 92.5 Å². The van der Waals surface area contributed by atoms with Crippen LogP contribution in [0.1, 0.15) is 12.8 Å². The highest BCUT2D eigenvalue weighted by Crippen LogP contribution is 2.22. The molecule has 2 rings (SSSR count). The second-order valence-electron chi connectivity index (χ2n) is 4.96.